The molecule has 0 N–H and O–H groups in total. The molecule has 1 aromatic carbocycles. The van der Waals surface area contributed by atoms with Crippen LogP contribution in [0.4, 0.5) is 5.69 Å². The standard InChI is InChI=1S/C11H14NO2SSi/c1-4-11(16(2)3)15-10-7-5-9(6-8-10)12(13)14/h4-8,11H,1H2,2-3H3. The van der Waals surface area contributed by atoms with Crippen molar-refractivity contribution in [2.45, 2.75) is 22.9 Å². The average molecular weight is 252 g/mol. The van der Waals surface area contributed by atoms with E-state index in [-0.39, 0.29) is 10.6 Å². The summed E-state index contributed by atoms with van der Waals surface area (Å²) in [5.41, 5.74) is 0.137. The van der Waals surface area contributed by atoms with Gasteiger partial charge in [-0.15, -0.1) is 18.3 Å². The van der Waals surface area contributed by atoms with Crippen LogP contribution in [0, 0.1) is 10.1 Å². The number of benzene rings is 1. The molecule has 0 aromatic heterocycles. The molecule has 85 valence electrons. The van der Waals surface area contributed by atoms with Crippen LogP contribution in [0.1, 0.15) is 0 Å². The van der Waals surface area contributed by atoms with E-state index in [1.807, 2.05) is 6.08 Å². The average Bonchev–Trinajstić information content (AvgIpc) is 2.26. The molecule has 0 saturated carbocycles. The van der Waals surface area contributed by atoms with E-state index < -0.39 is 8.80 Å². The molecule has 0 bridgehead atoms. The molecule has 0 saturated heterocycles. The number of rotatable bonds is 5. The Morgan fingerprint density at radius 2 is 2.00 bits per heavy atom. The van der Waals surface area contributed by atoms with Gasteiger partial charge in [-0.05, 0) is 12.1 Å². The third kappa shape index (κ3) is 3.50. The molecule has 0 aliphatic rings. The van der Waals surface area contributed by atoms with E-state index in [4.69, 9.17) is 0 Å². The van der Waals surface area contributed by atoms with Crippen molar-refractivity contribution >= 4 is 26.2 Å². The molecule has 0 heterocycles. The molecule has 0 fully saturated rings. The molecule has 0 aliphatic carbocycles. The topological polar surface area (TPSA) is 43.1 Å². The van der Waals surface area contributed by atoms with Crippen LogP contribution in [0.3, 0.4) is 0 Å². The number of hydrogen-bond acceptors (Lipinski definition) is 3. The zero-order valence-corrected chi connectivity index (χ0v) is 11.2. The molecule has 5 heteroatoms. The fourth-order valence-corrected chi connectivity index (χ4v) is 3.70. The van der Waals surface area contributed by atoms with Crippen molar-refractivity contribution in [1.82, 2.24) is 0 Å². The van der Waals surface area contributed by atoms with Crippen molar-refractivity contribution in [1.29, 1.82) is 0 Å². The van der Waals surface area contributed by atoms with E-state index >= 15 is 0 Å². The highest BCUT2D eigenvalue weighted by molar-refractivity contribution is 8.01. The number of thioether (sulfide) groups is 1. The Hall–Kier alpha value is -1.07. The lowest BCUT2D eigenvalue weighted by Crippen LogP contribution is -2.17. The van der Waals surface area contributed by atoms with Crippen LogP contribution in [0.15, 0.2) is 41.8 Å². The van der Waals surface area contributed by atoms with Crippen molar-refractivity contribution in [3.05, 3.63) is 47.0 Å². The second-order valence-corrected chi connectivity index (χ2v) is 8.01. The van der Waals surface area contributed by atoms with Crippen LogP contribution in [0.2, 0.25) is 13.1 Å². The minimum atomic E-state index is -0.437. The van der Waals surface area contributed by atoms with E-state index in [0.29, 0.717) is 4.87 Å². The quantitative estimate of drug-likeness (QED) is 0.265. The fraction of sp³-hybridized carbons (Fsp3) is 0.273. The van der Waals surface area contributed by atoms with E-state index in [1.54, 1.807) is 36.0 Å². The largest absolute Gasteiger partial charge is 0.269 e. The van der Waals surface area contributed by atoms with E-state index in [0.717, 1.165) is 4.90 Å². The molecule has 0 amide bonds. The van der Waals surface area contributed by atoms with Gasteiger partial charge in [-0.2, -0.15) is 0 Å². The van der Waals surface area contributed by atoms with Gasteiger partial charge in [0.2, 0.25) is 0 Å². The van der Waals surface area contributed by atoms with Crippen molar-refractivity contribution in [2.75, 3.05) is 0 Å². The summed E-state index contributed by atoms with van der Waals surface area (Å²) in [5.74, 6) is 0. The first kappa shape index (κ1) is 13.0. The summed E-state index contributed by atoms with van der Waals surface area (Å²) in [7, 11) is -0.437. The number of nitrogens with zero attached hydrogens (tertiary/aromatic N) is 1. The normalized spacial score (nSPS) is 12.4. The molecule has 1 aromatic rings. The lowest BCUT2D eigenvalue weighted by molar-refractivity contribution is -0.384. The van der Waals surface area contributed by atoms with Gasteiger partial charge in [0, 0.05) is 21.9 Å². The molecule has 3 nitrogen and oxygen atoms in total. The van der Waals surface area contributed by atoms with Gasteiger partial charge in [0.15, 0.2) is 0 Å². The molecule has 1 unspecified atom stereocenters. The van der Waals surface area contributed by atoms with Crippen LogP contribution in [0.25, 0.3) is 0 Å². The van der Waals surface area contributed by atoms with Crippen LogP contribution in [-0.4, -0.2) is 18.6 Å². The molecule has 16 heavy (non-hydrogen) atoms. The lowest BCUT2D eigenvalue weighted by atomic mass is 10.3. The number of nitro groups is 1. The number of hydrogen-bond donors (Lipinski definition) is 0. The monoisotopic (exact) mass is 252 g/mol. The minimum Gasteiger partial charge on any atom is -0.258 e. The Morgan fingerprint density at radius 3 is 2.38 bits per heavy atom. The van der Waals surface area contributed by atoms with Crippen molar-refractivity contribution < 1.29 is 4.92 Å². The van der Waals surface area contributed by atoms with Crippen molar-refractivity contribution in [3.63, 3.8) is 0 Å². The highest BCUT2D eigenvalue weighted by atomic mass is 32.2. The Kier molecular flexibility index (Phi) is 4.76. The second kappa shape index (κ2) is 5.86. The summed E-state index contributed by atoms with van der Waals surface area (Å²) < 4.78 is 0. The molecule has 0 spiro atoms. The van der Waals surface area contributed by atoms with E-state index in [9.17, 15) is 10.1 Å². The van der Waals surface area contributed by atoms with Crippen LogP contribution < -0.4 is 0 Å². The van der Waals surface area contributed by atoms with Crippen molar-refractivity contribution in [3.8, 4) is 0 Å². The maximum Gasteiger partial charge on any atom is 0.269 e. The first-order valence-electron chi connectivity index (χ1n) is 4.88. The third-order valence-corrected chi connectivity index (χ3v) is 6.23. The Bertz CT molecular complexity index is 378. The van der Waals surface area contributed by atoms with Gasteiger partial charge in [0.1, 0.15) is 0 Å². The molecule has 1 rings (SSSR count). The summed E-state index contributed by atoms with van der Waals surface area (Å²) in [5, 5.41) is 10.5. The summed E-state index contributed by atoms with van der Waals surface area (Å²) >= 11 is 1.72. The molecular weight excluding hydrogens is 238 g/mol. The van der Waals surface area contributed by atoms with Gasteiger partial charge >= 0.3 is 0 Å². The van der Waals surface area contributed by atoms with E-state index in [1.165, 1.54) is 0 Å². The fourth-order valence-electron chi connectivity index (χ4n) is 1.19. The predicted molar refractivity (Wildman–Crippen MR) is 70.4 cm³/mol. The molecule has 0 aliphatic heterocycles. The summed E-state index contributed by atoms with van der Waals surface area (Å²) in [6.45, 7) is 8.28. The smallest absolute Gasteiger partial charge is 0.258 e. The lowest BCUT2D eigenvalue weighted by Gasteiger charge is -2.14. The Labute approximate surface area is 101 Å². The predicted octanol–water partition coefficient (Wildman–Crippen LogP) is 3.54. The summed E-state index contributed by atoms with van der Waals surface area (Å²) in [6, 6.07) is 6.68. The first-order chi connectivity index (χ1) is 7.54. The maximum absolute atomic E-state index is 10.5. The van der Waals surface area contributed by atoms with Gasteiger partial charge in [-0.25, -0.2) is 0 Å². The van der Waals surface area contributed by atoms with Gasteiger partial charge in [0.05, 0.1) is 13.7 Å². The Balaban J connectivity index is 2.75. The minimum absolute atomic E-state index is 0.137. The van der Waals surface area contributed by atoms with Gasteiger partial charge in [-0.3, -0.25) is 10.1 Å². The molecule has 1 radical (unpaired) electrons. The Morgan fingerprint density at radius 1 is 1.44 bits per heavy atom. The highest BCUT2D eigenvalue weighted by Gasteiger charge is 2.13. The van der Waals surface area contributed by atoms with Gasteiger partial charge in [0.25, 0.3) is 5.69 Å². The van der Waals surface area contributed by atoms with Crippen LogP contribution in [0.5, 0.6) is 0 Å². The number of non-ortho nitro benzene ring substituents is 1. The summed E-state index contributed by atoms with van der Waals surface area (Å²) in [6.07, 6.45) is 1.96. The molecule has 1 atom stereocenters. The SMILES string of the molecule is C=CC(Sc1ccc([N+](=O)[O-])cc1)[Si](C)C. The van der Waals surface area contributed by atoms with Crippen LogP contribution in [-0.2, 0) is 0 Å². The van der Waals surface area contributed by atoms with Gasteiger partial charge in [-0.1, -0.05) is 19.2 Å². The zero-order chi connectivity index (χ0) is 12.1. The highest BCUT2D eigenvalue weighted by Crippen LogP contribution is 2.27. The molecular formula is C11H14NO2SSi. The number of nitro benzene ring substituents is 1. The summed E-state index contributed by atoms with van der Waals surface area (Å²) in [4.78, 5) is 11.6. The van der Waals surface area contributed by atoms with E-state index in [2.05, 4.69) is 19.7 Å². The zero-order valence-electron chi connectivity index (χ0n) is 9.34. The maximum atomic E-state index is 10.5. The second-order valence-electron chi connectivity index (χ2n) is 3.60. The van der Waals surface area contributed by atoms with Gasteiger partial charge < -0.3 is 0 Å². The third-order valence-electron chi connectivity index (χ3n) is 2.09. The first-order valence-corrected chi connectivity index (χ1v) is 8.34. The van der Waals surface area contributed by atoms with Crippen LogP contribution >= 0.6 is 11.8 Å². The van der Waals surface area contributed by atoms with Crippen molar-refractivity contribution in [2.24, 2.45) is 0 Å².